The summed E-state index contributed by atoms with van der Waals surface area (Å²) in [6.07, 6.45) is 0. The largest absolute Gasteiger partial charge is 0.464 e. The molecule has 0 saturated heterocycles. The second-order valence-corrected chi connectivity index (χ2v) is 26.1. The summed E-state index contributed by atoms with van der Waals surface area (Å²) < 4.78 is 12.0. The number of ether oxygens (including phenoxy) is 2. The van der Waals surface area contributed by atoms with Crippen molar-refractivity contribution in [1.82, 2.24) is 0 Å². The summed E-state index contributed by atoms with van der Waals surface area (Å²) in [7, 11) is -4.38. The van der Waals surface area contributed by atoms with Crippen molar-refractivity contribution in [3.63, 3.8) is 0 Å². The molecule has 0 amide bonds. The fraction of sp³-hybridized carbons (Fsp3) is 0.909. The number of carbonyl (C=O) groups excluding carboxylic acids is 2. The lowest BCUT2D eigenvalue weighted by Crippen LogP contribution is -2.58. The van der Waals surface area contributed by atoms with Gasteiger partial charge in [-0.05, 0) is 118 Å². The maximum Gasteiger partial charge on any atom is 0.313 e. The predicted molar refractivity (Wildman–Crippen MR) is 150 cm³/mol. The molecule has 0 aliphatic heterocycles. The quantitative estimate of drug-likeness (QED) is 0.212. The number of hydrogen-bond donors (Lipinski definition) is 0. The molecule has 0 aromatic carbocycles. The van der Waals surface area contributed by atoms with Crippen LogP contribution in [-0.4, -0.2) is 94.6 Å². The molecule has 0 atom stereocenters. The van der Waals surface area contributed by atoms with Gasteiger partial charge in [0.05, 0.1) is 0 Å². The van der Waals surface area contributed by atoms with Gasteiger partial charge in [0, 0.05) is 0 Å². The lowest BCUT2D eigenvalue weighted by molar-refractivity contribution is 0.0626. The number of hydrogen-bond acceptors (Lipinski definition) is 4. The zero-order valence-electron chi connectivity index (χ0n) is 22.5. The van der Waals surface area contributed by atoms with Gasteiger partial charge < -0.3 is 9.47 Å². The third-order valence-electron chi connectivity index (χ3n) is 5.03. The molecule has 0 heterocycles. The molecule has 0 spiro atoms. The summed E-state index contributed by atoms with van der Waals surface area (Å²) in [5, 5.41) is 0.800. The highest BCUT2D eigenvalue weighted by Crippen LogP contribution is 2.58. The molecule has 0 radical (unpaired) electrons. The van der Waals surface area contributed by atoms with Crippen LogP contribution in [-0.2, 0) is 9.47 Å². The van der Waals surface area contributed by atoms with Gasteiger partial charge in [-0.25, -0.2) is 0 Å². The van der Waals surface area contributed by atoms with Crippen molar-refractivity contribution < 1.29 is 19.1 Å². The van der Waals surface area contributed by atoms with E-state index in [0.29, 0.717) is 22.9 Å². The fourth-order valence-corrected chi connectivity index (χ4v) is 23.8. The van der Waals surface area contributed by atoms with Crippen LogP contribution in [0.25, 0.3) is 0 Å². The molecule has 0 unspecified atom stereocenters. The van der Waals surface area contributed by atoms with E-state index < -0.39 is 19.3 Å². The van der Waals surface area contributed by atoms with Crippen molar-refractivity contribution in [2.24, 2.45) is 0 Å². The van der Waals surface area contributed by atoms with Crippen LogP contribution in [0.1, 0.15) is 41.5 Å². The molecule has 0 aliphatic carbocycles. The van der Waals surface area contributed by atoms with Crippen LogP contribution in [0.15, 0.2) is 0 Å². The Morgan fingerprint density at radius 1 is 0.613 bits per heavy atom. The average molecular weight is 529 g/mol. The first-order valence-corrected chi connectivity index (χ1v) is 22.5. The summed E-state index contributed by atoms with van der Waals surface area (Å²) in [5.74, 6) is 0. The zero-order valence-corrected chi connectivity index (χ0v) is 27.1. The van der Waals surface area contributed by atoms with Crippen LogP contribution in [0.4, 0.5) is 9.59 Å². The van der Waals surface area contributed by atoms with Gasteiger partial charge >= 0.3 is 8.07 Å². The van der Waals surface area contributed by atoms with Gasteiger partial charge in [0.15, 0.2) is 0 Å². The van der Waals surface area contributed by atoms with Gasteiger partial charge in [-0.1, -0.05) is 0 Å². The molecular formula is C22H48O4P4Si. The Hall–Kier alpha value is 0.877. The van der Waals surface area contributed by atoms with Crippen molar-refractivity contribution in [2.45, 2.75) is 75.6 Å². The second-order valence-electron chi connectivity index (χ2n) is 11.3. The van der Waals surface area contributed by atoms with Gasteiger partial charge in [0.2, 0.25) is 0 Å². The fourth-order valence-electron chi connectivity index (χ4n) is 3.53. The van der Waals surface area contributed by atoms with Crippen molar-refractivity contribution in [1.29, 1.82) is 0 Å². The van der Waals surface area contributed by atoms with Gasteiger partial charge in [-0.2, -0.15) is 0 Å². The molecule has 4 nitrogen and oxygen atoms in total. The van der Waals surface area contributed by atoms with Crippen LogP contribution in [0.3, 0.4) is 0 Å². The first kappa shape index (κ1) is 31.9. The van der Waals surface area contributed by atoms with Gasteiger partial charge in [0.1, 0.15) is 11.2 Å². The highest BCUT2D eigenvalue weighted by atomic mass is 31.2. The van der Waals surface area contributed by atoms with Crippen LogP contribution in [0.5, 0.6) is 0 Å². The summed E-state index contributed by atoms with van der Waals surface area (Å²) in [4.78, 5) is 27.9. The Balaban J connectivity index is 6.76. The summed E-state index contributed by atoms with van der Waals surface area (Å²) in [6.45, 7) is 29.6. The Bertz CT molecular complexity index is 527. The van der Waals surface area contributed by atoms with Crippen LogP contribution in [0.2, 0.25) is 12.1 Å². The Morgan fingerprint density at radius 2 is 0.839 bits per heavy atom. The Labute approximate surface area is 198 Å². The maximum atomic E-state index is 13.9. The van der Waals surface area contributed by atoms with E-state index in [2.05, 4.69) is 53.3 Å². The van der Waals surface area contributed by atoms with E-state index in [-0.39, 0.29) is 42.9 Å². The molecule has 31 heavy (non-hydrogen) atoms. The van der Waals surface area contributed by atoms with Crippen LogP contribution >= 0.6 is 31.7 Å². The minimum absolute atomic E-state index is 0.258. The van der Waals surface area contributed by atoms with E-state index >= 15 is 0 Å². The monoisotopic (exact) mass is 528 g/mol. The average Bonchev–Trinajstić information content (AvgIpc) is 2.50. The third kappa shape index (κ3) is 10.8. The Morgan fingerprint density at radius 3 is 1.00 bits per heavy atom. The standard InChI is InChI=1S/C22H48O4P4Si/c1-21(2,3)25-19(23)31(20(24)26-22(4,5)6,15-17(27(7)8)28(9)10)16-18(29(11)12)30(13)14/h17-18H,15-16H2,1-14H3. The lowest BCUT2D eigenvalue weighted by Gasteiger charge is -2.40. The number of rotatable bonds is 10. The summed E-state index contributed by atoms with van der Waals surface area (Å²) >= 11 is 0. The van der Waals surface area contributed by atoms with E-state index in [1.165, 1.54) is 0 Å². The van der Waals surface area contributed by atoms with Crippen molar-refractivity contribution in [3.8, 4) is 0 Å². The molecule has 0 fully saturated rings. The lowest BCUT2D eigenvalue weighted by atomic mass is 10.2. The molecule has 0 aliphatic rings. The smallest absolute Gasteiger partial charge is 0.313 e. The van der Waals surface area contributed by atoms with Gasteiger partial charge in [0.25, 0.3) is 11.2 Å². The molecule has 9 heteroatoms. The molecular weight excluding hydrogens is 480 g/mol. The zero-order chi connectivity index (χ0) is 24.9. The van der Waals surface area contributed by atoms with E-state index in [1.807, 2.05) is 41.5 Å². The van der Waals surface area contributed by atoms with Crippen molar-refractivity contribution in [3.05, 3.63) is 0 Å². The molecule has 0 aromatic rings. The molecule has 184 valence electrons. The molecule has 0 saturated carbocycles. The minimum Gasteiger partial charge on any atom is -0.464 e. The third-order valence-corrected chi connectivity index (χ3v) is 21.4. The van der Waals surface area contributed by atoms with E-state index in [4.69, 9.17) is 9.47 Å². The first-order chi connectivity index (χ1) is 13.7. The van der Waals surface area contributed by atoms with E-state index in [9.17, 15) is 9.59 Å². The summed E-state index contributed by atoms with van der Waals surface area (Å²) in [6, 6.07) is 1.33. The number of carbonyl (C=O) groups is 2. The second kappa shape index (κ2) is 12.5. The molecule has 0 N–H and O–H groups in total. The minimum atomic E-state index is -3.26. The Kier molecular flexibility index (Phi) is 12.9. The van der Waals surface area contributed by atoms with Gasteiger partial charge in [-0.15, -0.1) is 31.7 Å². The molecule has 0 rings (SSSR count). The van der Waals surface area contributed by atoms with Crippen LogP contribution in [0, 0.1) is 0 Å². The van der Waals surface area contributed by atoms with Gasteiger partial charge in [-0.3, -0.25) is 9.59 Å². The highest BCUT2D eigenvalue weighted by molar-refractivity contribution is 7.75. The molecule has 0 bridgehead atoms. The summed E-state index contributed by atoms with van der Waals surface area (Å²) in [5.41, 5.74) is -1.76. The highest BCUT2D eigenvalue weighted by Gasteiger charge is 2.57. The van der Waals surface area contributed by atoms with Crippen LogP contribution < -0.4 is 0 Å². The first-order valence-electron chi connectivity index (χ1n) is 10.9. The SMILES string of the molecule is CP(C)C(C[Si](CC(P(C)C)P(C)C)(C(=O)OC(C)(C)C)C(=O)OC(C)(C)C)P(C)C. The topological polar surface area (TPSA) is 52.6 Å². The normalized spacial score (nSPS) is 13.8. The van der Waals surface area contributed by atoms with E-state index in [1.54, 1.807) is 0 Å². The molecule has 0 aromatic heterocycles. The predicted octanol–water partition coefficient (Wildman–Crippen LogP) is 8.09. The van der Waals surface area contributed by atoms with E-state index in [0.717, 1.165) is 0 Å². The maximum absolute atomic E-state index is 13.9. The van der Waals surface area contributed by atoms with Crippen molar-refractivity contribution >= 4 is 50.9 Å². The van der Waals surface area contributed by atoms with Crippen molar-refractivity contribution in [2.75, 3.05) is 53.3 Å².